The minimum absolute atomic E-state index is 0.0612. The number of rotatable bonds is 9. The number of carbonyl (C=O) groups is 1. The molecule has 4 rings (SSSR count). The standard InChI is InChI=1S/C23H31N7O2/c1-18-15-22(30-23(27-18)25-17-26-30)29-12-10-28(11-13-29)16-21(31)24-9-6-14-32-19(2)20-7-4-3-5-8-20/h3-5,7-8,15,17,19H,6,9-14,16H2,1-2H3,(H,24,31). The first-order valence-electron chi connectivity index (χ1n) is 11.2. The van der Waals surface area contributed by atoms with Gasteiger partial charge in [-0.1, -0.05) is 30.3 Å². The normalized spacial score (nSPS) is 15.8. The highest BCUT2D eigenvalue weighted by molar-refractivity contribution is 5.78. The third-order valence-electron chi connectivity index (χ3n) is 5.70. The van der Waals surface area contributed by atoms with Crippen LogP contribution < -0.4 is 10.2 Å². The maximum Gasteiger partial charge on any atom is 0.254 e. The fraction of sp³-hybridized carbons (Fsp3) is 0.478. The third-order valence-corrected chi connectivity index (χ3v) is 5.70. The Morgan fingerprint density at radius 1 is 1.19 bits per heavy atom. The zero-order valence-corrected chi connectivity index (χ0v) is 18.8. The van der Waals surface area contributed by atoms with Crippen LogP contribution in [-0.2, 0) is 9.53 Å². The molecule has 1 atom stereocenters. The Hall–Kier alpha value is -3.04. The van der Waals surface area contributed by atoms with Gasteiger partial charge in [-0.05, 0) is 25.8 Å². The highest BCUT2D eigenvalue weighted by atomic mass is 16.5. The Morgan fingerprint density at radius 2 is 1.97 bits per heavy atom. The minimum atomic E-state index is 0.0612. The molecule has 1 saturated heterocycles. The van der Waals surface area contributed by atoms with Gasteiger partial charge in [-0.3, -0.25) is 9.69 Å². The molecule has 32 heavy (non-hydrogen) atoms. The Bertz CT molecular complexity index is 1020. The maximum absolute atomic E-state index is 12.3. The van der Waals surface area contributed by atoms with Gasteiger partial charge < -0.3 is 15.0 Å². The first kappa shape index (κ1) is 22.2. The van der Waals surface area contributed by atoms with Gasteiger partial charge >= 0.3 is 0 Å². The Morgan fingerprint density at radius 3 is 2.75 bits per heavy atom. The fourth-order valence-electron chi connectivity index (χ4n) is 3.91. The molecule has 0 saturated carbocycles. The van der Waals surface area contributed by atoms with E-state index in [1.54, 1.807) is 4.52 Å². The van der Waals surface area contributed by atoms with E-state index >= 15 is 0 Å². The van der Waals surface area contributed by atoms with Crippen molar-refractivity contribution in [3.05, 3.63) is 54.0 Å². The zero-order valence-electron chi connectivity index (χ0n) is 18.8. The monoisotopic (exact) mass is 437 g/mol. The Kier molecular flexibility index (Phi) is 7.28. The first-order chi connectivity index (χ1) is 15.6. The van der Waals surface area contributed by atoms with E-state index in [1.807, 2.05) is 31.2 Å². The summed E-state index contributed by atoms with van der Waals surface area (Å²) in [7, 11) is 0. The summed E-state index contributed by atoms with van der Waals surface area (Å²) < 4.78 is 7.64. The quantitative estimate of drug-likeness (QED) is 0.511. The van der Waals surface area contributed by atoms with E-state index < -0.39 is 0 Å². The number of amides is 1. The van der Waals surface area contributed by atoms with Gasteiger partial charge in [0.2, 0.25) is 5.91 Å². The lowest BCUT2D eigenvalue weighted by atomic mass is 10.1. The molecule has 0 aliphatic carbocycles. The maximum atomic E-state index is 12.3. The number of nitrogens with zero attached hydrogens (tertiary/aromatic N) is 6. The van der Waals surface area contributed by atoms with Crippen LogP contribution >= 0.6 is 0 Å². The number of fused-ring (bicyclic) bond motifs is 1. The number of aromatic nitrogens is 4. The van der Waals surface area contributed by atoms with Crippen molar-refractivity contribution in [2.24, 2.45) is 0 Å². The van der Waals surface area contributed by atoms with Crippen molar-refractivity contribution in [1.29, 1.82) is 0 Å². The number of hydrogen-bond acceptors (Lipinski definition) is 7. The van der Waals surface area contributed by atoms with Gasteiger partial charge in [0.15, 0.2) is 0 Å². The highest BCUT2D eigenvalue weighted by Gasteiger charge is 2.21. The molecule has 0 bridgehead atoms. The molecule has 1 aromatic carbocycles. The van der Waals surface area contributed by atoms with Crippen molar-refractivity contribution in [2.75, 3.05) is 50.8 Å². The lowest BCUT2D eigenvalue weighted by Gasteiger charge is -2.35. The number of benzene rings is 1. The molecular formula is C23H31N7O2. The van der Waals surface area contributed by atoms with Crippen molar-refractivity contribution in [3.8, 4) is 0 Å². The minimum Gasteiger partial charge on any atom is -0.374 e. The fourth-order valence-corrected chi connectivity index (χ4v) is 3.91. The van der Waals surface area contributed by atoms with Crippen LogP contribution in [0.3, 0.4) is 0 Å². The van der Waals surface area contributed by atoms with E-state index in [1.165, 1.54) is 11.9 Å². The summed E-state index contributed by atoms with van der Waals surface area (Å²) >= 11 is 0. The van der Waals surface area contributed by atoms with E-state index in [4.69, 9.17) is 4.74 Å². The molecule has 0 spiro atoms. The number of ether oxygens (including phenoxy) is 1. The molecule has 3 heterocycles. The molecule has 1 unspecified atom stereocenters. The molecule has 1 fully saturated rings. The predicted octanol–water partition coefficient (Wildman–Crippen LogP) is 1.84. The van der Waals surface area contributed by atoms with Crippen LogP contribution in [0.2, 0.25) is 0 Å². The molecule has 1 amide bonds. The van der Waals surface area contributed by atoms with Crippen molar-refractivity contribution >= 4 is 17.5 Å². The van der Waals surface area contributed by atoms with E-state index in [9.17, 15) is 4.79 Å². The number of carbonyl (C=O) groups excluding carboxylic acids is 1. The average Bonchev–Trinajstić information content (AvgIpc) is 3.27. The zero-order chi connectivity index (χ0) is 22.3. The number of anilines is 1. The van der Waals surface area contributed by atoms with Gasteiger partial charge in [0.05, 0.1) is 12.6 Å². The number of nitrogens with one attached hydrogen (secondary N) is 1. The summed E-state index contributed by atoms with van der Waals surface area (Å²) in [6.45, 7) is 8.99. The van der Waals surface area contributed by atoms with E-state index in [-0.39, 0.29) is 12.0 Å². The van der Waals surface area contributed by atoms with Crippen LogP contribution in [0.15, 0.2) is 42.7 Å². The highest BCUT2D eigenvalue weighted by Crippen LogP contribution is 2.18. The summed E-state index contributed by atoms with van der Waals surface area (Å²) in [6, 6.07) is 12.2. The van der Waals surface area contributed by atoms with Crippen LogP contribution in [0.25, 0.3) is 5.78 Å². The summed E-state index contributed by atoms with van der Waals surface area (Å²) in [4.78, 5) is 25.4. The van der Waals surface area contributed by atoms with Crippen molar-refractivity contribution in [1.82, 2.24) is 29.8 Å². The van der Waals surface area contributed by atoms with Crippen molar-refractivity contribution in [3.63, 3.8) is 0 Å². The van der Waals surface area contributed by atoms with Crippen LogP contribution in [0, 0.1) is 6.92 Å². The second kappa shape index (κ2) is 10.5. The summed E-state index contributed by atoms with van der Waals surface area (Å²) in [6.07, 6.45) is 2.39. The molecule has 1 aliphatic heterocycles. The van der Waals surface area contributed by atoms with Gasteiger partial charge in [-0.25, -0.2) is 4.98 Å². The van der Waals surface area contributed by atoms with Crippen molar-refractivity contribution < 1.29 is 9.53 Å². The van der Waals surface area contributed by atoms with Gasteiger partial charge in [-0.2, -0.15) is 14.6 Å². The van der Waals surface area contributed by atoms with E-state index in [0.717, 1.165) is 44.1 Å². The molecule has 3 aromatic rings. The third kappa shape index (κ3) is 5.60. The summed E-state index contributed by atoms with van der Waals surface area (Å²) in [5.74, 6) is 1.68. The van der Waals surface area contributed by atoms with Crippen molar-refractivity contribution in [2.45, 2.75) is 26.4 Å². The average molecular weight is 438 g/mol. The predicted molar refractivity (Wildman–Crippen MR) is 123 cm³/mol. The smallest absolute Gasteiger partial charge is 0.254 e. The summed E-state index contributed by atoms with van der Waals surface area (Å²) in [5, 5.41) is 7.30. The van der Waals surface area contributed by atoms with Crippen LogP contribution in [-0.4, -0.2) is 76.3 Å². The molecule has 1 N–H and O–H groups in total. The largest absolute Gasteiger partial charge is 0.374 e. The molecule has 9 nitrogen and oxygen atoms in total. The topological polar surface area (TPSA) is 87.9 Å². The van der Waals surface area contributed by atoms with Gasteiger partial charge in [0, 0.05) is 51.1 Å². The van der Waals surface area contributed by atoms with Crippen LogP contribution in [0.4, 0.5) is 5.82 Å². The van der Waals surface area contributed by atoms with Gasteiger partial charge in [0.25, 0.3) is 5.78 Å². The second-order valence-corrected chi connectivity index (χ2v) is 8.12. The molecular weight excluding hydrogens is 406 g/mol. The van der Waals surface area contributed by atoms with E-state index in [2.05, 4.69) is 49.2 Å². The Balaban J connectivity index is 1.15. The molecule has 1 aliphatic rings. The summed E-state index contributed by atoms with van der Waals surface area (Å²) in [5.41, 5.74) is 2.09. The van der Waals surface area contributed by atoms with Crippen LogP contribution in [0.5, 0.6) is 0 Å². The lowest BCUT2D eigenvalue weighted by Crippen LogP contribution is -2.50. The molecule has 9 heteroatoms. The van der Waals surface area contributed by atoms with Gasteiger partial charge in [0.1, 0.15) is 12.1 Å². The number of aryl methyl sites for hydroxylation is 1. The van der Waals surface area contributed by atoms with Crippen LogP contribution in [0.1, 0.15) is 30.7 Å². The lowest BCUT2D eigenvalue weighted by molar-refractivity contribution is -0.122. The molecule has 170 valence electrons. The molecule has 2 aromatic heterocycles. The SMILES string of the molecule is Cc1cc(N2CCN(CC(=O)NCCCOC(C)c3ccccc3)CC2)n2ncnc2n1. The second-order valence-electron chi connectivity index (χ2n) is 8.12. The first-order valence-corrected chi connectivity index (χ1v) is 11.2. The Labute approximate surface area is 188 Å². The number of hydrogen-bond donors (Lipinski definition) is 1. The molecule has 0 radical (unpaired) electrons. The van der Waals surface area contributed by atoms with E-state index in [0.29, 0.717) is 25.5 Å². The van der Waals surface area contributed by atoms with Gasteiger partial charge in [-0.15, -0.1) is 0 Å². The number of piperazine rings is 1.